The summed E-state index contributed by atoms with van der Waals surface area (Å²) in [5, 5.41) is 9.16. The summed E-state index contributed by atoms with van der Waals surface area (Å²) in [5.74, 6) is -0.309. The zero-order valence-corrected chi connectivity index (χ0v) is 14.0. The van der Waals surface area contributed by atoms with Gasteiger partial charge in [-0.2, -0.15) is 0 Å². The van der Waals surface area contributed by atoms with E-state index in [9.17, 15) is 9.90 Å². The average molecular weight is 327 g/mol. The molecular formula is C15H19ClN2O2S. The smallest absolute Gasteiger partial charge is 0.338 e. The van der Waals surface area contributed by atoms with Crippen LogP contribution in [0.4, 0.5) is 5.69 Å². The highest BCUT2D eigenvalue weighted by Gasteiger charge is 2.38. The number of hydrogen-bond donors (Lipinski definition) is 1. The van der Waals surface area contributed by atoms with E-state index in [1.807, 2.05) is 6.07 Å². The zero-order valence-electron chi connectivity index (χ0n) is 12.4. The number of aliphatic carboxylic acids is 1. The summed E-state index contributed by atoms with van der Waals surface area (Å²) in [4.78, 5) is 15.9. The van der Waals surface area contributed by atoms with Gasteiger partial charge in [0.05, 0.1) is 5.69 Å². The first-order chi connectivity index (χ1) is 9.77. The molecule has 0 bridgehead atoms. The quantitative estimate of drug-likeness (QED) is 0.797. The van der Waals surface area contributed by atoms with E-state index in [-0.39, 0.29) is 5.41 Å². The molecule has 1 aromatic rings. The number of carboxylic acid groups (broad SMARTS) is 1. The maximum atomic E-state index is 11.2. The molecule has 1 aromatic heterocycles. The lowest BCUT2D eigenvalue weighted by Gasteiger charge is -2.34. The molecule has 6 heteroatoms. The molecule has 4 nitrogen and oxygen atoms in total. The van der Waals surface area contributed by atoms with Crippen molar-refractivity contribution >= 4 is 35.2 Å². The van der Waals surface area contributed by atoms with Crippen LogP contribution >= 0.6 is 23.5 Å². The molecule has 0 saturated heterocycles. The van der Waals surface area contributed by atoms with Crippen LogP contribution in [0, 0.1) is 11.3 Å². The Balaban J connectivity index is 1.93. The standard InChI is InChI=1S/C15H19ClN2O2S/c1-15(2,3)9-4-5-10-8(6-9)7-11-12(17-10)21-13(14(19)20)18(11)16/h7,9,13H,4-6H2,1-3H3,(H,19,20). The number of carbonyl (C=O) groups is 1. The van der Waals surface area contributed by atoms with Gasteiger partial charge in [-0.25, -0.2) is 9.78 Å². The van der Waals surface area contributed by atoms with E-state index >= 15 is 0 Å². The minimum atomic E-state index is -0.932. The molecule has 2 aliphatic rings. The summed E-state index contributed by atoms with van der Waals surface area (Å²) in [6.45, 7) is 6.81. The Labute approximate surface area is 134 Å². The maximum Gasteiger partial charge on any atom is 0.338 e. The summed E-state index contributed by atoms with van der Waals surface area (Å²) in [6, 6.07) is 2.04. The molecule has 3 rings (SSSR count). The van der Waals surface area contributed by atoms with Gasteiger partial charge in [0, 0.05) is 17.5 Å². The number of rotatable bonds is 1. The predicted octanol–water partition coefficient (Wildman–Crippen LogP) is 3.71. The van der Waals surface area contributed by atoms with Crippen LogP contribution in [0.1, 0.15) is 38.4 Å². The van der Waals surface area contributed by atoms with Crippen LogP contribution < -0.4 is 4.42 Å². The Morgan fingerprint density at radius 3 is 2.86 bits per heavy atom. The van der Waals surface area contributed by atoms with E-state index in [0.717, 1.165) is 35.7 Å². The topological polar surface area (TPSA) is 53.4 Å². The van der Waals surface area contributed by atoms with Crippen molar-refractivity contribution in [2.75, 3.05) is 4.42 Å². The van der Waals surface area contributed by atoms with Gasteiger partial charge in [0.1, 0.15) is 5.03 Å². The Morgan fingerprint density at radius 1 is 1.52 bits per heavy atom. The van der Waals surface area contributed by atoms with E-state index in [0.29, 0.717) is 5.92 Å². The number of fused-ring (bicyclic) bond motifs is 2. The first-order valence-corrected chi connectivity index (χ1v) is 8.36. The molecule has 2 heterocycles. The van der Waals surface area contributed by atoms with E-state index in [1.54, 1.807) is 0 Å². The van der Waals surface area contributed by atoms with Crippen LogP contribution in [-0.2, 0) is 17.6 Å². The van der Waals surface area contributed by atoms with E-state index < -0.39 is 11.3 Å². The van der Waals surface area contributed by atoms with Crippen LogP contribution in [0.3, 0.4) is 0 Å². The summed E-state index contributed by atoms with van der Waals surface area (Å²) >= 11 is 7.38. The fourth-order valence-electron chi connectivity index (χ4n) is 3.04. The molecule has 0 aromatic carbocycles. The number of pyridine rings is 1. The third-order valence-electron chi connectivity index (χ3n) is 4.43. The number of halogens is 1. The van der Waals surface area contributed by atoms with Crippen molar-refractivity contribution in [1.82, 2.24) is 4.98 Å². The number of carboxylic acids is 1. The predicted molar refractivity (Wildman–Crippen MR) is 84.8 cm³/mol. The molecule has 1 aliphatic carbocycles. The summed E-state index contributed by atoms with van der Waals surface area (Å²) in [7, 11) is 0. The fourth-order valence-corrected chi connectivity index (χ4v) is 4.38. The Kier molecular flexibility index (Phi) is 3.61. The van der Waals surface area contributed by atoms with Gasteiger partial charge in [0.15, 0.2) is 5.37 Å². The van der Waals surface area contributed by atoms with Crippen LogP contribution in [0.5, 0.6) is 0 Å². The molecule has 1 aliphatic heterocycles. The third kappa shape index (κ3) is 2.61. The number of nitrogens with zero attached hydrogens (tertiary/aromatic N) is 2. The van der Waals surface area contributed by atoms with Gasteiger partial charge in [-0.1, -0.05) is 32.5 Å². The second-order valence-corrected chi connectivity index (χ2v) is 8.28. The number of hydrogen-bond acceptors (Lipinski definition) is 4. The Morgan fingerprint density at radius 2 is 2.24 bits per heavy atom. The van der Waals surface area contributed by atoms with Crippen molar-refractivity contribution in [3.05, 3.63) is 17.3 Å². The van der Waals surface area contributed by atoms with Crippen LogP contribution in [-0.4, -0.2) is 21.4 Å². The molecule has 0 amide bonds. The monoisotopic (exact) mass is 326 g/mol. The second kappa shape index (κ2) is 5.06. The summed E-state index contributed by atoms with van der Waals surface area (Å²) < 4.78 is 1.30. The van der Waals surface area contributed by atoms with Crippen molar-refractivity contribution in [1.29, 1.82) is 0 Å². The normalized spacial score (nSPS) is 24.7. The van der Waals surface area contributed by atoms with Gasteiger partial charge in [-0.05, 0) is 42.2 Å². The van der Waals surface area contributed by atoms with E-state index in [4.69, 9.17) is 11.8 Å². The van der Waals surface area contributed by atoms with Crippen molar-refractivity contribution in [3.8, 4) is 0 Å². The van der Waals surface area contributed by atoms with Crippen molar-refractivity contribution in [3.63, 3.8) is 0 Å². The number of aryl methyl sites for hydroxylation is 1. The van der Waals surface area contributed by atoms with Crippen molar-refractivity contribution in [2.45, 2.75) is 50.4 Å². The highest BCUT2D eigenvalue weighted by atomic mass is 35.5. The van der Waals surface area contributed by atoms with Crippen molar-refractivity contribution < 1.29 is 9.90 Å². The molecule has 2 unspecified atom stereocenters. The molecule has 1 N–H and O–H groups in total. The van der Waals surface area contributed by atoms with Crippen LogP contribution in [0.2, 0.25) is 0 Å². The second-order valence-electron chi connectivity index (χ2n) is 6.84. The lowest BCUT2D eigenvalue weighted by Crippen LogP contribution is -2.28. The Hall–Kier alpha value is -0.940. The summed E-state index contributed by atoms with van der Waals surface area (Å²) in [6.07, 6.45) is 3.09. The van der Waals surface area contributed by atoms with Gasteiger partial charge in [0.25, 0.3) is 0 Å². The lowest BCUT2D eigenvalue weighted by atomic mass is 9.71. The average Bonchev–Trinajstić information content (AvgIpc) is 2.72. The number of anilines is 1. The van der Waals surface area contributed by atoms with Gasteiger partial charge in [0.2, 0.25) is 0 Å². The van der Waals surface area contributed by atoms with E-state index in [1.165, 1.54) is 21.7 Å². The molecule has 0 radical (unpaired) electrons. The van der Waals surface area contributed by atoms with Crippen LogP contribution in [0.25, 0.3) is 0 Å². The molecule has 0 saturated carbocycles. The maximum absolute atomic E-state index is 11.2. The fraction of sp³-hybridized carbons (Fsp3) is 0.600. The van der Waals surface area contributed by atoms with Gasteiger partial charge >= 0.3 is 5.97 Å². The molecule has 0 spiro atoms. The highest BCUT2D eigenvalue weighted by molar-refractivity contribution is 8.01. The molecule has 0 fully saturated rings. The van der Waals surface area contributed by atoms with Crippen LogP contribution in [0.15, 0.2) is 11.1 Å². The van der Waals surface area contributed by atoms with Gasteiger partial charge in [-0.3, -0.25) is 4.42 Å². The Bertz CT molecular complexity index is 600. The summed E-state index contributed by atoms with van der Waals surface area (Å²) in [5.41, 5.74) is 3.34. The van der Waals surface area contributed by atoms with Crippen molar-refractivity contribution in [2.24, 2.45) is 11.3 Å². The minimum absolute atomic E-state index is 0.274. The zero-order chi connectivity index (χ0) is 15.4. The van der Waals surface area contributed by atoms with Gasteiger partial charge in [-0.15, -0.1) is 0 Å². The highest BCUT2D eigenvalue weighted by Crippen LogP contribution is 2.46. The number of aromatic nitrogens is 1. The number of thioether (sulfide) groups is 1. The lowest BCUT2D eigenvalue weighted by molar-refractivity contribution is -0.136. The molecule has 114 valence electrons. The van der Waals surface area contributed by atoms with Gasteiger partial charge < -0.3 is 5.11 Å². The third-order valence-corrected chi connectivity index (χ3v) is 6.08. The van der Waals surface area contributed by atoms with E-state index in [2.05, 4.69) is 25.8 Å². The first kappa shape index (κ1) is 15.0. The molecular weight excluding hydrogens is 308 g/mol. The largest absolute Gasteiger partial charge is 0.479 e. The SMILES string of the molecule is CC(C)(C)C1CCc2nc3c(cc2C1)N(Cl)C(C(=O)O)S3. The molecule has 2 atom stereocenters. The molecule has 21 heavy (non-hydrogen) atoms. The minimum Gasteiger partial charge on any atom is -0.479 e. The first-order valence-electron chi connectivity index (χ1n) is 7.14.